The fraction of sp³-hybridized carbons (Fsp3) is 0.156. The van der Waals surface area contributed by atoms with Crippen molar-refractivity contribution in [3.63, 3.8) is 0 Å². The lowest BCUT2D eigenvalue weighted by atomic mass is 9.77. The Morgan fingerprint density at radius 1 is 0.338 bits per heavy atom. The second-order valence-corrected chi connectivity index (χ2v) is 20.2. The van der Waals surface area contributed by atoms with E-state index >= 15 is 0 Å². The lowest BCUT2D eigenvalue weighted by molar-refractivity contribution is 0.590. The van der Waals surface area contributed by atoms with Crippen molar-refractivity contribution in [3.8, 4) is 66.8 Å². The summed E-state index contributed by atoms with van der Waals surface area (Å²) < 4.78 is 0. The summed E-state index contributed by atoms with van der Waals surface area (Å²) >= 11 is 0. The van der Waals surface area contributed by atoms with E-state index in [9.17, 15) is 0 Å². The number of hydrogen-bond acceptors (Lipinski definition) is 1. The van der Waals surface area contributed by atoms with Gasteiger partial charge in [0.15, 0.2) is 0 Å². The van der Waals surface area contributed by atoms with Gasteiger partial charge in [-0.1, -0.05) is 218 Å². The Balaban J connectivity index is 1.02. The average molecular weight is 838 g/mol. The van der Waals surface area contributed by atoms with Crippen molar-refractivity contribution in [1.82, 2.24) is 0 Å². The second-order valence-electron chi connectivity index (χ2n) is 20.2. The normalized spacial score (nSPS) is 14.0. The van der Waals surface area contributed by atoms with Crippen molar-refractivity contribution in [2.75, 3.05) is 4.90 Å². The molecule has 0 bridgehead atoms. The summed E-state index contributed by atoms with van der Waals surface area (Å²) in [6.07, 6.45) is 0. The van der Waals surface area contributed by atoms with Crippen molar-refractivity contribution >= 4 is 17.1 Å². The molecule has 1 heteroatoms. The highest BCUT2D eigenvalue weighted by Gasteiger charge is 2.40. The average Bonchev–Trinajstić information content (AvgIpc) is 3.72. The van der Waals surface area contributed by atoms with Crippen LogP contribution in [0.2, 0.25) is 0 Å². The van der Waals surface area contributed by atoms with Crippen molar-refractivity contribution in [3.05, 3.63) is 234 Å². The van der Waals surface area contributed by atoms with E-state index in [0.29, 0.717) is 0 Å². The molecule has 0 N–H and O–H groups in total. The van der Waals surface area contributed by atoms with Gasteiger partial charge < -0.3 is 4.90 Å². The largest absolute Gasteiger partial charge is 0.310 e. The maximum Gasteiger partial charge on any atom is 0.0543 e. The van der Waals surface area contributed by atoms with Crippen molar-refractivity contribution in [2.45, 2.75) is 64.7 Å². The number of benzene rings is 9. The van der Waals surface area contributed by atoms with Gasteiger partial charge in [-0.25, -0.2) is 0 Å². The minimum absolute atomic E-state index is 0.0964. The zero-order chi connectivity index (χ0) is 44.7. The van der Waals surface area contributed by atoms with E-state index in [1.54, 1.807) is 0 Å². The monoisotopic (exact) mass is 837 g/mol. The number of fused-ring (bicyclic) bond motifs is 6. The second kappa shape index (κ2) is 15.2. The molecule has 9 aromatic rings. The standard InChI is InChI=1S/C64H55N/c1-62(2,3)48-32-25-46(26-33-48)52-40-39-51(45-19-12-9-13-20-45)59-54-38-31-47(41-57(54)64(6,7)61(52)59)44-29-36-50(37-30-44)65(49-34-27-43(28-35-49)42-17-10-8-11-18-42)58-24-16-23-56-60(58)53-21-14-15-22-55(53)63(56,4)5/h8-41H,1-7H3. The number of nitrogens with zero attached hydrogens (tertiary/aromatic N) is 1. The molecular formula is C64H55N. The number of hydrogen-bond donors (Lipinski definition) is 0. The van der Waals surface area contributed by atoms with Crippen LogP contribution in [0.1, 0.15) is 76.3 Å². The molecule has 0 fully saturated rings. The molecule has 9 aromatic carbocycles. The maximum atomic E-state index is 2.47. The molecular weight excluding hydrogens is 783 g/mol. The summed E-state index contributed by atoms with van der Waals surface area (Å²) in [6, 6.07) is 76.9. The fourth-order valence-electron chi connectivity index (χ4n) is 11.0. The van der Waals surface area contributed by atoms with E-state index in [1.807, 2.05) is 0 Å². The molecule has 0 amide bonds. The van der Waals surface area contributed by atoms with Crippen LogP contribution >= 0.6 is 0 Å². The Bertz CT molecular complexity index is 3240. The van der Waals surface area contributed by atoms with Crippen LogP contribution in [-0.2, 0) is 16.2 Å². The molecule has 2 aliphatic rings. The van der Waals surface area contributed by atoms with Crippen LogP contribution in [0, 0.1) is 0 Å². The molecule has 316 valence electrons. The predicted octanol–water partition coefficient (Wildman–Crippen LogP) is 17.7. The summed E-state index contributed by atoms with van der Waals surface area (Å²) in [5.41, 5.74) is 25.3. The Morgan fingerprint density at radius 3 is 1.46 bits per heavy atom. The molecule has 0 heterocycles. The van der Waals surface area contributed by atoms with E-state index in [1.165, 1.54) is 100 Å². The Kier molecular flexibility index (Phi) is 9.49. The SMILES string of the molecule is CC(C)(C)c1ccc(-c2ccc(-c3ccccc3)c3c2C(C)(C)c2cc(-c4ccc(N(c5ccc(-c6ccccc6)cc5)c5cccc6c5-c5ccccc5C6(C)C)cc4)ccc2-3)cc1. The molecule has 0 radical (unpaired) electrons. The van der Waals surface area contributed by atoms with Gasteiger partial charge in [-0.2, -0.15) is 0 Å². The zero-order valence-electron chi connectivity index (χ0n) is 38.6. The third-order valence-electron chi connectivity index (χ3n) is 14.5. The van der Waals surface area contributed by atoms with Gasteiger partial charge in [-0.05, 0) is 131 Å². The van der Waals surface area contributed by atoms with Crippen LogP contribution in [0.4, 0.5) is 17.1 Å². The minimum Gasteiger partial charge on any atom is -0.310 e. The molecule has 0 aromatic heterocycles. The highest BCUT2D eigenvalue weighted by atomic mass is 15.1. The van der Waals surface area contributed by atoms with Crippen LogP contribution in [0.25, 0.3) is 66.8 Å². The Morgan fingerprint density at radius 2 is 0.815 bits per heavy atom. The molecule has 11 rings (SSSR count). The summed E-state index contributed by atoms with van der Waals surface area (Å²) in [5.74, 6) is 0. The molecule has 0 unspecified atom stereocenters. The smallest absolute Gasteiger partial charge is 0.0543 e. The third-order valence-corrected chi connectivity index (χ3v) is 14.5. The van der Waals surface area contributed by atoms with Gasteiger partial charge in [-0.15, -0.1) is 0 Å². The Hall–Kier alpha value is -7.22. The first kappa shape index (κ1) is 40.5. The zero-order valence-corrected chi connectivity index (χ0v) is 38.6. The van der Waals surface area contributed by atoms with Gasteiger partial charge in [0.2, 0.25) is 0 Å². The predicted molar refractivity (Wildman–Crippen MR) is 277 cm³/mol. The Labute approximate surface area is 385 Å². The molecule has 0 aliphatic heterocycles. The minimum atomic E-state index is -0.232. The molecule has 65 heavy (non-hydrogen) atoms. The lowest BCUT2D eigenvalue weighted by Gasteiger charge is -2.29. The molecule has 0 saturated carbocycles. The molecule has 0 atom stereocenters. The van der Waals surface area contributed by atoms with Crippen LogP contribution in [0.3, 0.4) is 0 Å². The van der Waals surface area contributed by atoms with Crippen LogP contribution in [0.5, 0.6) is 0 Å². The summed E-state index contributed by atoms with van der Waals surface area (Å²) in [7, 11) is 0. The van der Waals surface area contributed by atoms with Crippen LogP contribution in [-0.4, -0.2) is 0 Å². The van der Waals surface area contributed by atoms with Crippen molar-refractivity contribution < 1.29 is 0 Å². The van der Waals surface area contributed by atoms with Gasteiger partial charge in [0.25, 0.3) is 0 Å². The van der Waals surface area contributed by atoms with Gasteiger partial charge in [0.05, 0.1) is 5.69 Å². The van der Waals surface area contributed by atoms with Gasteiger partial charge in [0, 0.05) is 27.8 Å². The quantitative estimate of drug-likeness (QED) is 0.155. The topological polar surface area (TPSA) is 3.24 Å². The lowest BCUT2D eigenvalue weighted by Crippen LogP contribution is -2.16. The summed E-state index contributed by atoms with van der Waals surface area (Å²) in [4.78, 5) is 2.46. The van der Waals surface area contributed by atoms with Crippen molar-refractivity contribution in [2.24, 2.45) is 0 Å². The molecule has 2 aliphatic carbocycles. The van der Waals surface area contributed by atoms with Gasteiger partial charge >= 0.3 is 0 Å². The van der Waals surface area contributed by atoms with E-state index in [-0.39, 0.29) is 16.2 Å². The highest BCUT2D eigenvalue weighted by Crippen LogP contribution is 2.57. The van der Waals surface area contributed by atoms with E-state index < -0.39 is 0 Å². The number of rotatable bonds is 7. The van der Waals surface area contributed by atoms with E-state index in [0.717, 1.165) is 11.4 Å². The molecule has 1 nitrogen and oxygen atoms in total. The number of anilines is 3. The molecule has 0 spiro atoms. The first-order valence-corrected chi connectivity index (χ1v) is 23.2. The summed E-state index contributed by atoms with van der Waals surface area (Å²) in [5, 5.41) is 0. The maximum absolute atomic E-state index is 2.47. The van der Waals surface area contributed by atoms with Crippen LogP contribution < -0.4 is 4.90 Å². The first-order valence-electron chi connectivity index (χ1n) is 23.2. The van der Waals surface area contributed by atoms with E-state index in [4.69, 9.17) is 0 Å². The first-order chi connectivity index (χ1) is 31.4. The van der Waals surface area contributed by atoms with Crippen LogP contribution in [0.15, 0.2) is 206 Å². The molecule has 0 saturated heterocycles. The third kappa shape index (κ3) is 6.67. The fourth-order valence-corrected chi connectivity index (χ4v) is 11.0. The highest BCUT2D eigenvalue weighted by molar-refractivity contribution is 5.99. The summed E-state index contributed by atoms with van der Waals surface area (Å²) in [6.45, 7) is 16.4. The van der Waals surface area contributed by atoms with Gasteiger partial charge in [0.1, 0.15) is 0 Å². The van der Waals surface area contributed by atoms with Crippen molar-refractivity contribution in [1.29, 1.82) is 0 Å². The van der Waals surface area contributed by atoms with Gasteiger partial charge in [-0.3, -0.25) is 0 Å². The van der Waals surface area contributed by atoms with E-state index in [2.05, 4.69) is 260 Å².